The molecule has 4 rings (SSSR count). The fourth-order valence-corrected chi connectivity index (χ4v) is 3.85. The minimum absolute atomic E-state index is 0.558. The first-order valence-electron chi connectivity index (χ1n) is 11.2. The van der Waals surface area contributed by atoms with Crippen LogP contribution in [0.1, 0.15) is 17.5 Å². The number of carboxylic acid groups (broad SMARTS) is 2. The van der Waals surface area contributed by atoms with Gasteiger partial charge >= 0.3 is 11.9 Å². The standard InChI is InChI=1S/C23H23ClN4.C4H4O4/c1-27(2)14-7-15-28-21-12-4-3-10-19(21)22(17-8-5-9-18(24)16-17)26-20-11-6-13-25-23(20)28;5-3(6)1-2-4(7)8/h3-6,8-13,16H,7,14-15H2,1-2H3;1-2H,(H,5,6)(H,7,8). The van der Waals surface area contributed by atoms with Gasteiger partial charge in [-0.25, -0.2) is 19.6 Å². The zero-order chi connectivity index (χ0) is 26.1. The van der Waals surface area contributed by atoms with Crippen molar-refractivity contribution < 1.29 is 19.8 Å². The first-order valence-corrected chi connectivity index (χ1v) is 11.6. The number of rotatable bonds is 7. The fraction of sp³-hybridized carbons (Fsp3) is 0.185. The number of hydrogen-bond donors (Lipinski definition) is 2. The smallest absolute Gasteiger partial charge is 0.328 e. The molecule has 2 aromatic carbocycles. The minimum Gasteiger partial charge on any atom is -0.478 e. The van der Waals surface area contributed by atoms with Crippen molar-refractivity contribution in [2.75, 3.05) is 32.1 Å². The molecule has 0 aliphatic carbocycles. The van der Waals surface area contributed by atoms with E-state index >= 15 is 0 Å². The molecular formula is C27H27ClN4O4. The number of carboxylic acids is 2. The SMILES string of the molecule is CN(C)CCCN1c2ccccc2C(c2cccc(Cl)c2)=Nc2cccnc21.O=C(O)C=CC(=O)O. The average Bonchev–Trinajstić information content (AvgIpc) is 2.98. The summed E-state index contributed by atoms with van der Waals surface area (Å²) in [4.78, 5) is 33.3. The van der Waals surface area contributed by atoms with Gasteiger partial charge in [-0.1, -0.05) is 41.9 Å². The molecule has 1 aliphatic heterocycles. The third kappa shape index (κ3) is 7.24. The summed E-state index contributed by atoms with van der Waals surface area (Å²) in [5.74, 6) is -1.62. The van der Waals surface area contributed by atoms with E-state index in [-0.39, 0.29) is 0 Å². The van der Waals surface area contributed by atoms with E-state index in [4.69, 9.17) is 26.8 Å². The average molecular weight is 507 g/mol. The quantitative estimate of drug-likeness (QED) is 0.433. The van der Waals surface area contributed by atoms with Crippen LogP contribution in [0.2, 0.25) is 5.02 Å². The first-order chi connectivity index (χ1) is 17.3. The van der Waals surface area contributed by atoms with Crippen molar-refractivity contribution >= 4 is 46.4 Å². The van der Waals surface area contributed by atoms with Gasteiger partial charge in [0.1, 0.15) is 5.69 Å². The Balaban J connectivity index is 0.000000392. The van der Waals surface area contributed by atoms with Gasteiger partial charge in [-0.3, -0.25) is 0 Å². The largest absolute Gasteiger partial charge is 0.478 e. The molecule has 186 valence electrons. The van der Waals surface area contributed by atoms with Gasteiger partial charge in [-0.2, -0.15) is 0 Å². The molecule has 0 fully saturated rings. The van der Waals surface area contributed by atoms with Gasteiger partial charge in [0.05, 0.1) is 11.4 Å². The molecule has 0 saturated heterocycles. The van der Waals surface area contributed by atoms with Crippen LogP contribution in [0.4, 0.5) is 17.2 Å². The Labute approximate surface area is 214 Å². The van der Waals surface area contributed by atoms with Crippen molar-refractivity contribution in [2.45, 2.75) is 6.42 Å². The number of hydrogen-bond acceptors (Lipinski definition) is 6. The highest BCUT2D eigenvalue weighted by molar-refractivity contribution is 6.31. The van der Waals surface area contributed by atoms with Gasteiger partial charge in [0.15, 0.2) is 5.82 Å². The molecule has 0 radical (unpaired) electrons. The van der Waals surface area contributed by atoms with Crippen molar-refractivity contribution in [3.8, 4) is 0 Å². The number of benzene rings is 2. The molecule has 9 heteroatoms. The Kier molecular flexibility index (Phi) is 9.32. The summed E-state index contributed by atoms with van der Waals surface area (Å²) in [7, 11) is 4.20. The van der Waals surface area contributed by atoms with Crippen molar-refractivity contribution in [3.05, 3.63) is 95.2 Å². The number of halogens is 1. The highest BCUT2D eigenvalue weighted by Gasteiger charge is 2.24. The monoisotopic (exact) mass is 506 g/mol. The van der Waals surface area contributed by atoms with E-state index in [9.17, 15) is 9.59 Å². The molecule has 3 aromatic rings. The maximum absolute atomic E-state index is 9.55. The second kappa shape index (κ2) is 12.6. The number of pyridine rings is 1. The topological polar surface area (TPSA) is 106 Å². The third-order valence-corrected chi connectivity index (χ3v) is 5.39. The molecule has 0 unspecified atom stereocenters. The molecule has 0 spiro atoms. The van der Waals surface area contributed by atoms with Crippen molar-refractivity contribution in [1.29, 1.82) is 0 Å². The van der Waals surface area contributed by atoms with Gasteiger partial charge in [-0.15, -0.1) is 0 Å². The van der Waals surface area contributed by atoms with E-state index in [1.165, 1.54) is 0 Å². The summed E-state index contributed by atoms with van der Waals surface area (Å²) in [6.07, 6.45) is 3.98. The Morgan fingerprint density at radius 1 is 1.00 bits per heavy atom. The van der Waals surface area contributed by atoms with Crippen LogP contribution in [0, 0.1) is 0 Å². The number of para-hydroxylation sites is 1. The Bertz CT molecular complexity index is 1270. The van der Waals surface area contributed by atoms with Crippen LogP contribution in [0.5, 0.6) is 0 Å². The molecule has 2 N–H and O–H groups in total. The van der Waals surface area contributed by atoms with Crippen LogP contribution in [0.15, 0.2) is 84.0 Å². The lowest BCUT2D eigenvalue weighted by Gasteiger charge is -2.26. The molecule has 0 bridgehead atoms. The maximum atomic E-state index is 9.55. The van der Waals surface area contributed by atoms with E-state index in [0.717, 1.165) is 53.5 Å². The van der Waals surface area contributed by atoms with Gasteiger partial charge in [0.25, 0.3) is 0 Å². The van der Waals surface area contributed by atoms with Crippen LogP contribution >= 0.6 is 11.6 Å². The molecule has 1 aromatic heterocycles. The lowest BCUT2D eigenvalue weighted by molar-refractivity contribution is -0.134. The summed E-state index contributed by atoms with van der Waals surface area (Å²) < 4.78 is 0. The highest BCUT2D eigenvalue weighted by Crippen LogP contribution is 2.39. The maximum Gasteiger partial charge on any atom is 0.328 e. The Hall–Kier alpha value is -4.01. The molecule has 2 heterocycles. The summed E-state index contributed by atoms with van der Waals surface area (Å²) in [5.41, 5.74) is 5.01. The summed E-state index contributed by atoms with van der Waals surface area (Å²) in [6, 6.07) is 20.2. The van der Waals surface area contributed by atoms with E-state index in [2.05, 4.69) is 59.2 Å². The number of aliphatic imine (C=N–C) groups is 1. The molecule has 0 saturated carbocycles. The highest BCUT2D eigenvalue weighted by atomic mass is 35.5. The molecule has 0 atom stereocenters. The summed E-state index contributed by atoms with van der Waals surface area (Å²) >= 11 is 6.28. The summed E-state index contributed by atoms with van der Waals surface area (Å²) in [6.45, 7) is 1.89. The minimum atomic E-state index is -1.26. The van der Waals surface area contributed by atoms with E-state index in [1.807, 2.05) is 36.5 Å². The lowest BCUT2D eigenvalue weighted by Crippen LogP contribution is -2.24. The summed E-state index contributed by atoms with van der Waals surface area (Å²) in [5, 5.41) is 16.3. The van der Waals surface area contributed by atoms with E-state index < -0.39 is 11.9 Å². The number of aliphatic carboxylic acids is 2. The van der Waals surface area contributed by atoms with Crippen LogP contribution < -0.4 is 4.90 Å². The second-order valence-electron chi connectivity index (χ2n) is 8.15. The zero-order valence-corrected chi connectivity index (χ0v) is 20.8. The van der Waals surface area contributed by atoms with Gasteiger partial charge in [0, 0.05) is 41.0 Å². The molecule has 1 aliphatic rings. The van der Waals surface area contributed by atoms with Crippen LogP contribution in [-0.4, -0.2) is 64.9 Å². The van der Waals surface area contributed by atoms with Gasteiger partial charge < -0.3 is 20.0 Å². The Morgan fingerprint density at radius 3 is 2.39 bits per heavy atom. The predicted octanol–water partition coefficient (Wildman–Crippen LogP) is 5.02. The number of aromatic nitrogens is 1. The molecular weight excluding hydrogens is 480 g/mol. The van der Waals surface area contributed by atoms with E-state index in [1.54, 1.807) is 0 Å². The second-order valence-corrected chi connectivity index (χ2v) is 8.59. The number of anilines is 2. The van der Waals surface area contributed by atoms with Crippen molar-refractivity contribution in [1.82, 2.24) is 9.88 Å². The van der Waals surface area contributed by atoms with Crippen molar-refractivity contribution in [3.63, 3.8) is 0 Å². The molecule has 36 heavy (non-hydrogen) atoms. The van der Waals surface area contributed by atoms with Gasteiger partial charge in [0.2, 0.25) is 0 Å². The molecule has 0 amide bonds. The zero-order valence-electron chi connectivity index (χ0n) is 20.0. The van der Waals surface area contributed by atoms with Crippen LogP contribution in [0.3, 0.4) is 0 Å². The Morgan fingerprint density at radius 2 is 1.72 bits per heavy atom. The normalized spacial score (nSPS) is 12.2. The number of fused-ring (bicyclic) bond motifs is 2. The fourth-order valence-electron chi connectivity index (χ4n) is 3.66. The van der Waals surface area contributed by atoms with Crippen LogP contribution in [0.25, 0.3) is 0 Å². The molecule has 8 nitrogen and oxygen atoms in total. The number of nitrogens with zero attached hydrogens (tertiary/aromatic N) is 4. The third-order valence-electron chi connectivity index (χ3n) is 5.16. The number of carbonyl (C=O) groups is 2. The van der Waals surface area contributed by atoms with Gasteiger partial charge in [-0.05, 0) is 57.4 Å². The lowest BCUT2D eigenvalue weighted by atomic mass is 10.00. The van der Waals surface area contributed by atoms with Crippen molar-refractivity contribution in [2.24, 2.45) is 4.99 Å². The first kappa shape index (κ1) is 26.6. The van der Waals surface area contributed by atoms with E-state index in [0.29, 0.717) is 17.2 Å². The van der Waals surface area contributed by atoms with Crippen LogP contribution in [-0.2, 0) is 9.59 Å². The predicted molar refractivity (Wildman–Crippen MR) is 142 cm³/mol.